The number of hydrogen-bond donors (Lipinski definition) is 1. The molecule has 0 unspecified atom stereocenters. The molecule has 0 atom stereocenters. The molecule has 0 aliphatic carbocycles. The van der Waals surface area contributed by atoms with Gasteiger partial charge in [0.1, 0.15) is 6.33 Å². The van der Waals surface area contributed by atoms with E-state index in [4.69, 9.17) is 0 Å². The van der Waals surface area contributed by atoms with Crippen LogP contribution >= 0.6 is 0 Å². The smallest absolute Gasteiger partial charge is 0.250 e. The van der Waals surface area contributed by atoms with Gasteiger partial charge in [-0.15, -0.1) is 0 Å². The second kappa shape index (κ2) is 3.14. The monoisotopic (exact) mass is 189 g/mol. The first kappa shape index (κ1) is 8.74. The number of nitrogens with one attached hydrogen (secondary N) is 1. The minimum atomic E-state index is -0.210. The van der Waals surface area contributed by atoms with E-state index >= 15 is 0 Å². The molecule has 1 aromatic heterocycles. The van der Waals surface area contributed by atoms with Gasteiger partial charge in [0.25, 0.3) is 0 Å². The van der Waals surface area contributed by atoms with Crippen molar-refractivity contribution in [1.29, 1.82) is 0 Å². The van der Waals surface area contributed by atoms with Gasteiger partial charge in [-0.25, -0.2) is 14.5 Å². The fourth-order valence-electron chi connectivity index (χ4n) is 1.42. The van der Waals surface area contributed by atoms with Crippen LogP contribution in [0, 0.1) is 13.8 Å². The minimum absolute atomic E-state index is 0.210. The molecule has 72 valence electrons. The summed E-state index contributed by atoms with van der Waals surface area (Å²) in [5, 5.41) is 6.07. The molecule has 0 aliphatic rings. The number of nitrogens with zero attached hydrogens (tertiary/aromatic N) is 2. The van der Waals surface area contributed by atoms with Crippen molar-refractivity contribution in [3.63, 3.8) is 0 Å². The van der Waals surface area contributed by atoms with Crippen molar-refractivity contribution in [1.82, 2.24) is 14.8 Å². The van der Waals surface area contributed by atoms with E-state index in [0.29, 0.717) is 0 Å². The summed E-state index contributed by atoms with van der Waals surface area (Å²) in [6.45, 7) is 4.01. The van der Waals surface area contributed by atoms with Crippen LogP contribution in [-0.2, 0) is 0 Å². The highest BCUT2D eigenvalue weighted by molar-refractivity contribution is 5.44. The van der Waals surface area contributed by atoms with Gasteiger partial charge < -0.3 is 0 Å². The molecule has 14 heavy (non-hydrogen) atoms. The van der Waals surface area contributed by atoms with Crippen LogP contribution < -0.4 is 5.69 Å². The average molecular weight is 189 g/mol. The lowest BCUT2D eigenvalue weighted by Gasteiger charge is -2.06. The molecule has 0 spiro atoms. The second-order valence-electron chi connectivity index (χ2n) is 3.25. The van der Waals surface area contributed by atoms with Gasteiger partial charge in [-0.3, -0.25) is 0 Å². The highest BCUT2D eigenvalue weighted by Crippen LogP contribution is 2.14. The molecule has 0 saturated carbocycles. The number of aromatic nitrogens is 3. The molecule has 0 radical (unpaired) electrons. The Morgan fingerprint density at radius 3 is 2.79 bits per heavy atom. The van der Waals surface area contributed by atoms with Crippen LogP contribution in [0.1, 0.15) is 11.1 Å². The molecule has 0 aliphatic heterocycles. The molecule has 0 bridgehead atoms. The maximum absolute atomic E-state index is 11.3. The number of hydrogen-bond acceptors (Lipinski definition) is 2. The SMILES string of the molecule is Cc1cccc(-n2cn[nH]c2=O)c1C. The Morgan fingerprint density at radius 1 is 1.36 bits per heavy atom. The normalized spacial score (nSPS) is 10.4. The molecule has 0 saturated heterocycles. The van der Waals surface area contributed by atoms with Gasteiger partial charge in [0.15, 0.2) is 0 Å². The van der Waals surface area contributed by atoms with E-state index in [1.807, 2.05) is 32.0 Å². The van der Waals surface area contributed by atoms with Gasteiger partial charge in [-0.1, -0.05) is 12.1 Å². The topological polar surface area (TPSA) is 50.7 Å². The van der Waals surface area contributed by atoms with E-state index < -0.39 is 0 Å². The van der Waals surface area contributed by atoms with Gasteiger partial charge in [-0.05, 0) is 31.0 Å². The van der Waals surface area contributed by atoms with E-state index in [9.17, 15) is 4.79 Å². The number of aromatic amines is 1. The Balaban J connectivity index is 2.69. The lowest BCUT2D eigenvalue weighted by atomic mass is 10.1. The maximum atomic E-state index is 11.3. The maximum Gasteiger partial charge on any atom is 0.347 e. The van der Waals surface area contributed by atoms with Crippen molar-refractivity contribution >= 4 is 0 Å². The summed E-state index contributed by atoms with van der Waals surface area (Å²) in [6.07, 6.45) is 1.49. The molecule has 0 amide bonds. The van der Waals surface area contributed by atoms with Crippen molar-refractivity contribution in [3.8, 4) is 5.69 Å². The number of H-pyrrole nitrogens is 1. The van der Waals surface area contributed by atoms with Crippen molar-refractivity contribution in [2.45, 2.75) is 13.8 Å². The first-order chi connectivity index (χ1) is 6.70. The summed E-state index contributed by atoms with van der Waals surface area (Å²) in [6, 6.07) is 5.85. The average Bonchev–Trinajstić information content (AvgIpc) is 2.57. The highest BCUT2D eigenvalue weighted by atomic mass is 16.1. The van der Waals surface area contributed by atoms with Crippen LogP contribution in [-0.4, -0.2) is 14.8 Å². The summed E-state index contributed by atoms with van der Waals surface area (Å²) >= 11 is 0. The van der Waals surface area contributed by atoms with E-state index in [0.717, 1.165) is 16.8 Å². The van der Waals surface area contributed by atoms with Gasteiger partial charge in [0, 0.05) is 0 Å². The fourth-order valence-corrected chi connectivity index (χ4v) is 1.42. The molecule has 1 N–H and O–H groups in total. The number of rotatable bonds is 1. The predicted molar refractivity (Wildman–Crippen MR) is 53.7 cm³/mol. The third kappa shape index (κ3) is 1.25. The molecular formula is C10H11N3O. The molecule has 0 fully saturated rings. The zero-order valence-corrected chi connectivity index (χ0v) is 8.11. The van der Waals surface area contributed by atoms with Gasteiger partial charge in [-0.2, -0.15) is 5.10 Å². The molecule has 1 heterocycles. The highest BCUT2D eigenvalue weighted by Gasteiger charge is 2.04. The minimum Gasteiger partial charge on any atom is -0.250 e. The lowest BCUT2D eigenvalue weighted by molar-refractivity contribution is 0.969. The van der Waals surface area contributed by atoms with Crippen LogP contribution in [0.15, 0.2) is 29.3 Å². The Kier molecular flexibility index (Phi) is 1.96. The summed E-state index contributed by atoms with van der Waals surface area (Å²) in [4.78, 5) is 11.3. The largest absolute Gasteiger partial charge is 0.347 e. The van der Waals surface area contributed by atoms with Crippen molar-refractivity contribution < 1.29 is 0 Å². The van der Waals surface area contributed by atoms with Crippen LogP contribution in [0.5, 0.6) is 0 Å². The Labute approximate surface area is 81.2 Å². The van der Waals surface area contributed by atoms with Crippen molar-refractivity contribution in [2.75, 3.05) is 0 Å². The first-order valence-corrected chi connectivity index (χ1v) is 4.39. The first-order valence-electron chi connectivity index (χ1n) is 4.39. The standard InChI is InChI=1S/C10H11N3O/c1-7-4-3-5-9(8(7)2)13-6-11-12-10(13)14/h3-6H,1-2H3,(H,12,14). The van der Waals surface area contributed by atoms with Crippen molar-refractivity contribution in [3.05, 3.63) is 46.1 Å². The van der Waals surface area contributed by atoms with Crippen LogP contribution in [0.3, 0.4) is 0 Å². The summed E-state index contributed by atoms with van der Waals surface area (Å²) < 4.78 is 1.50. The van der Waals surface area contributed by atoms with E-state index in [-0.39, 0.29) is 5.69 Å². The van der Waals surface area contributed by atoms with Gasteiger partial charge in [0.05, 0.1) is 5.69 Å². The van der Waals surface area contributed by atoms with E-state index in [1.165, 1.54) is 10.9 Å². The molecule has 4 heteroatoms. The fraction of sp³-hybridized carbons (Fsp3) is 0.200. The van der Waals surface area contributed by atoms with Crippen LogP contribution in [0.25, 0.3) is 5.69 Å². The van der Waals surface area contributed by atoms with E-state index in [2.05, 4.69) is 10.2 Å². The number of aryl methyl sites for hydroxylation is 1. The zero-order chi connectivity index (χ0) is 10.1. The molecular weight excluding hydrogens is 178 g/mol. The Morgan fingerprint density at radius 2 is 2.14 bits per heavy atom. The molecule has 4 nitrogen and oxygen atoms in total. The lowest BCUT2D eigenvalue weighted by Crippen LogP contribution is -2.15. The summed E-state index contributed by atoms with van der Waals surface area (Å²) in [5.74, 6) is 0. The predicted octanol–water partition coefficient (Wildman–Crippen LogP) is 1.18. The molecule has 2 rings (SSSR count). The van der Waals surface area contributed by atoms with Crippen LogP contribution in [0.4, 0.5) is 0 Å². The second-order valence-corrected chi connectivity index (χ2v) is 3.25. The zero-order valence-electron chi connectivity index (χ0n) is 8.11. The van der Waals surface area contributed by atoms with Crippen molar-refractivity contribution in [2.24, 2.45) is 0 Å². The third-order valence-corrected chi connectivity index (χ3v) is 2.39. The summed E-state index contributed by atoms with van der Waals surface area (Å²) in [5.41, 5.74) is 2.93. The Bertz CT molecular complexity index is 510. The van der Waals surface area contributed by atoms with Gasteiger partial charge >= 0.3 is 5.69 Å². The van der Waals surface area contributed by atoms with E-state index in [1.54, 1.807) is 0 Å². The molecule has 1 aromatic carbocycles. The van der Waals surface area contributed by atoms with Gasteiger partial charge in [0.2, 0.25) is 0 Å². The quantitative estimate of drug-likeness (QED) is 0.732. The molecule has 2 aromatic rings. The Hall–Kier alpha value is -1.84. The number of benzene rings is 1. The van der Waals surface area contributed by atoms with Crippen LogP contribution in [0.2, 0.25) is 0 Å². The summed E-state index contributed by atoms with van der Waals surface area (Å²) in [7, 11) is 0. The third-order valence-electron chi connectivity index (χ3n) is 2.39.